The molecule has 0 spiro atoms. The number of nitrogens with zero attached hydrogens (tertiary/aromatic N) is 1. The molecule has 0 aromatic heterocycles. The summed E-state index contributed by atoms with van der Waals surface area (Å²) in [4.78, 5) is 2.58. The molecule has 0 amide bonds. The van der Waals surface area contributed by atoms with Crippen molar-refractivity contribution in [1.82, 2.24) is 4.90 Å². The van der Waals surface area contributed by atoms with E-state index in [1.807, 2.05) is 0 Å². The van der Waals surface area contributed by atoms with Gasteiger partial charge in [0.05, 0.1) is 0 Å². The van der Waals surface area contributed by atoms with Crippen molar-refractivity contribution < 1.29 is 0 Å². The molecule has 2 atom stereocenters. The Bertz CT molecular complexity index is 573. The highest BCUT2D eigenvalue weighted by Gasteiger charge is 2.27. The highest BCUT2D eigenvalue weighted by atomic mass is 15.2. The van der Waals surface area contributed by atoms with Crippen LogP contribution in [0.2, 0.25) is 0 Å². The van der Waals surface area contributed by atoms with Crippen molar-refractivity contribution in [2.75, 3.05) is 13.1 Å². The van der Waals surface area contributed by atoms with E-state index in [1.54, 1.807) is 0 Å². The predicted molar refractivity (Wildman–Crippen MR) is 85.6 cm³/mol. The standard InChI is InChI=1S/C18H24N2/c1-14-6-5-11-20(18(14)12-19)13-16-9-4-8-15-7-2-3-10-17(15)16/h2-4,7-10,14,18H,5-6,11-13,19H2,1H3. The summed E-state index contributed by atoms with van der Waals surface area (Å²) in [5.74, 6) is 0.712. The summed E-state index contributed by atoms with van der Waals surface area (Å²) in [7, 11) is 0. The molecular weight excluding hydrogens is 244 g/mol. The highest BCUT2D eigenvalue weighted by Crippen LogP contribution is 2.26. The fraction of sp³-hybridized carbons (Fsp3) is 0.444. The van der Waals surface area contributed by atoms with E-state index in [-0.39, 0.29) is 0 Å². The number of fused-ring (bicyclic) bond motifs is 1. The summed E-state index contributed by atoms with van der Waals surface area (Å²) in [6.45, 7) is 5.31. The van der Waals surface area contributed by atoms with Gasteiger partial charge in [-0.15, -0.1) is 0 Å². The van der Waals surface area contributed by atoms with Crippen molar-refractivity contribution in [2.45, 2.75) is 32.4 Å². The zero-order valence-electron chi connectivity index (χ0n) is 12.3. The monoisotopic (exact) mass is 268 g/mol. The van der Waals surface area contributed by atoms with Crippen LogP contribution in [-0.4, -0.2) is 24.0 Å². The molecule has 2 nitrogen and oxygen atoms in total. The molecule has 2 unspecified atom stereocenters. The molecule has 1 aliphatic heterocycles. The van der Waals surface area contributed by atoms with E-state index in [4.69, 9.17) is 5.73 Å². The third-order valence-corrected chi connectivity index (χ3v) is 4.73. The van der Waals surface area contributed by atoms with Crippen LogP contribution in [0.3, 0.4) is 0 Å². The zero-order valence-corrected chi connectivity index (χ0v) is 12.3. The van der Waals surface area contributed by atoms with Crippen LogP contribution < -0.4 is 5.73 Å². The molecule has 0 radical (unpaired) electrons. The maximum atomic E-state index is 6.01. The van der Waals surface area contributed by atoms with Gasteiger partial charge < -0.3 is 5.73 Å². The summed E-state index contributed by atoms with van der Waals surface area (Å²) in [5, 5.41) is 2.71. The maximum absolute atomic E-state index is 6.01. The number of likely N-dealkylation sites (tertiary alicyclic amines) is 1. The maximum Gasteiger partial charge on any atom is 0.0247 e. The van der Waals surface area contributed by atoms with Gasteiger partial charge in [0.25, 0.3) is 0 Å². The van der Waals surface area contributed by atoms with Crippen molar-refractivity contribution in [2.24, 2.45) is 11.7 Å². The largest absolute Gasteiger partial charge is 0.329 e. The molecule has 2 aromatic rings. The van der Waals surface area contributed by atoms with Gasteiger partial charge in [-0.3, -0.25) is 4.90 Å². The second-order valence-corrected chi connectivity index (χ2v) is 6.03. The van der Waals surface area contributed by atoms with Gasteiger partial charge in [-0.1, -0.05) is 49.4 Å². The minimum atomic E-state index is 0.530. The van der Waals surface area contributed by atoms with Gasteiger partial charge in [0.2, 0.25) is 0 Å². The first-order valence-electron chi connectivity index (χ1n) is 7.70. The topological polar surface area (TPSA) is 29.3 Å². The van der Waals surface area contributed by atoms with Crippen LogP contribution in [0.5, 0.6) is 0 Å². The lowest BCUT2D eigenvalue weighted by Gasteiger charge is -2.39. The first-order chi connectivity index (χ1) is 9.79. The van der Waals surface area contributed by atoms with Gasteiger partial charge in [0, 0.05) is 19.1 Å². The molecule has 106 valence electrons. The number of piperidine rings is 1. The fourth-order valence-electron chi connectivity index (χ4n) is 3.56. The number of hydrogen-bond donors (Lipinski definition) is 1. The molecule has 2 aromatic carbocycles. The number of nitrogens with two attached hydrogens (primary N) is 1. The SMILES string of the molecule is CC1CCCN(Cc2cccc3ccccc23)C1CN. The third-order valence-electron chi connectivity index (χ3n) is 4.73. The van der Waals surface area contributed by atoms with Gasteiger partial charge in [-0.25, -0.2) is 0 Å². The van der Waals surface area contributed by atoms with Crippen molar-refractivity contribution in [3.8, 4) is 0 Å². The average molecular weight is 268 g/mol. The Kier molecular flexibility index (Phi) is 4.04. The van der Waals surface area contributed by atoms with Gasteiger partial charge in [0.15, 0.2) is 0 Å². The first-order valence-corrected chi connectivity index (χ1v) is 7.70. The Morgan fingerprint density at radius 1 is 1.15 bits per heavy atom. The molecule has 2 N–H and O–H groups in total. The van der Waals surface area contributed by atoms with Crippen LogP contribution in [0.4, 0.5) is 0 Å². The first kappa shape index (κ1) is 13.6. The predicted octanol–water partition coefficient (Wildman–Crippen LogP) is 3.40. The molecule has 0 aliphatic carbocycles. The minimum absolute atomic E-state index is 0.530. The number of rotatable bonds is 3. The van der Waals surface area contributed by atoms with Gasteiger partial charge in [-0.05, 0) is 41.6 Å². The van der Waals surface area contributed by atoms with Gasteiger partial charge >= 0.3 is 0 Å². The third kappa shape index (κ3) is 2.58. The Labute approximate surface area is 121 Å². The van der Waals surface area contributed by atoms with Crippen LogP contribution in [0.25, 0.3) is 10.8 Å². The summed E-state index contributed by atoms with van der Waals surface area (Å²) < 4.78 is 0. The van der Waals surface area contributed by atoms with E-state index in [1.165, 1.54) is 35.7 Å². The Morgan fingerprint density at radius 2 is 1.95 bits per heavy atom. The van der Waals surface area contributed by atoms with E-state index in [9.17, 15) is 0 Å². The average Bonchev–Trinajstić information content (AvgIpc) is 2.48. The Balaban J connectivity index is 1.88. The summed E-state index contributed by atoms with van der Waals surface area (Å²) in [5.41, 5.74) is 7.44. The molecule has 1 aliphatic rings. The molecular formula is C18H24N2. The zero-order chi connectivity index (χ0) is 13.9. The smallest absolute Gasteiger partial charge is 0.0247 e. The molecule has 1 saturated heterocycles. The van der Waals surface area contributed by atoms with Crippen LogP contribution in [-0.2, 0) is 6.54 Å². The lowest BCUT2D eigenvalue weighted by Crippen LogP contribution is -2.48. The fourth-order valence-corrected chi connectivity index (χ4v) is 3.56. The van der Waals surface area contributed by atoms with Crippen molar-refractivity contribution in [3.05, 3.63) is 48.0 Å². The van der Waals surface area contributed by atoms with Gasteiger partial charge in [-0.2, -0.15) is 0 Å². The van der Waals surface area contributed by atoms with E-state index in [2.05, 4.69) is 54.3 Å². The van der Waals surface area contributed by atoms with Crippen LogP contribution in [0, 0.1) is 5.92 Å². The van der Waals surface area contributed by atoms with Crippen LogP contribution >= 0.6 is 0 Å². The van der Waals surface area contributed by atoms with Crippen molar-refractivity contribution >= 4 is 10.8 Å². The summed E-state index contributed by atoms with van der Waals surface area (Å²) >= 11 is 0. The van der Waals surface area contributed by atoms with E-state index >= 15 is 0 Å². The van der Waals surface area contributed by atoms with Gasteiger partial charge in [0.1, 0.15) is 0 Å². The normalized spacial score (nSPS) is 24.1. The van der Waals surface area contributed by atoms with Crippen molar-refractivity contribution in [1.29, 1.82) is 0 Å². The van der Waals surface area contributed by atoms with E-state index in [0.29, 0.717) is 12.0 Å². The molecule has 0 saturated carbocycles. The minimum Gasteiger partial charge on any atom is -0.329 e. The number of benzene rings is 2. The Morgan fingerprint density at radius 3 is 2.80 bits per heavy atom. The number of hydrogen-bond acceptors (Lipinski definition) is 2. The second kappa shape index (κ2) is 5.94. The van der Waals surface area contributed by atoms with Crippen LogP contribution in [0.15, 0.2) is 42.5 Å². The molecule has 0 bridgehead atoms. The molecule has 2 heteroatoms. The van der Waals surface area contributed by atoms with E-state index in [0.717, 1.165) is 13.1 Å². The lowest BCUT2D eigenvalue weighted by molar-refractivity contribution is 0.0995. The molecule has 3 rings (SSSR count). The summed E-state index contributed by atoms with van der Waals surface area (Å²) in [6.07, 6.45) is 2.61. The lowest BCUT2D eigenvalue weighted by atomic mass is 9.90. The van der Waals surface area contributed by atoms with E-state index < -0.39 is 0 Å². The quantitative estimate of drug-likeness (QED) is 0.924. The molecule has 1 heterocycles. The second-order valence-electron chi connectivity index (χ2n) is 6.03. The molecule has 1 fully saturated rings. The highest BCUT2D eigenvalue weighted by molar-refractivity contribution is 5.85. The van der Waals surface area contributed by atoms with Crippen molar-refractivity contribution in [3.63, 3.8) is 0 Å². The summed E-state index contributed by atoms with van der Waals surface area (Å²) in [6, 6.07) is 15.8. The van der Waals surface area contributed by atoms with Crippen LogP contribution in [0.1, 0.15) is 25.3 Å². The Hall–Kier alpha value is -1.38. The molecule has 20 heavy (non-hydrogen) atoms.